The molecular weight excluding hydrogens is 538 g/mol. The van der Waals surface area contributed by atoms with Gasteiger partial charge in [0.15, 0.2) is 9.84 Å². The molecule has 0 saturated carbocycles. The van der Waals surface area contributed by atoms with E-state index in [4.69, 9.17) is 14.7 Å². The Bertz CT molecular complexity index is 1550. The van der Waals surface area contributed by atoms with Crippen molar-refractivity contribution in [1.82, 2.24) is 19.8 Å². The fourth-order valence-corrected chi connectivity index (χ4v) is 7.02. The summed E-state index contributed by atoms with van der Waals surface area (Å²) < 4.78 is 31.5. The summed E-state index contributed by atoms with van der Waals surface area (Å²) in [5, 5.41) is 3.54. The molecule has 216 valence electrons. The van der Waals surface area contributed by atoms with Crippen LogP contribution in [0.15, 0.2) is 83.3 Å². The summed E-state index contributed by atoms with van der Waals surface area (Å²) in [6.07, 6.45) is 5.57. The molecule has 0 amide bonds. The molecule has 2 aliphatic rings. The van der Waals surface area contributed by atoms with Crippen LogP contribution >= 0.6 is 0 Å². The van der Waals surface area contributed by atoms with Crippen LogP contribution in [-0.4, -0.2) is 85.3 Å². The van der Waals surface area contributed by atoms with Gasteiger partial charge in [-0.15, -0.1) is 0 Å². The van der Waals surface area contributed by atoms with E-state index in [9.17, 15) is 13.2 Å². The topological polar surface area (TPSA) is 105 Å². The molecule has 1 aliphatic carbocycles. The van der Waals surface area contributed by atoms with E-state index in [2.05, 4.69) is 15.1 Å². The van der Waals surface area contributed by atoms with Crippen LogP contribution in [0.4, 0.5) is 5.82 Å². The van der Waals surface area contributed by atoms with E-state index in [0.717, 1.165) is 42.7 Å². The van der Waals surface area contributed by atoms with Crippen molar-refractivity contribution < 1.29 is 17.9 Å². The monoisotopic (exact) mass is 575 g/mol. The average Bonchev–Trinajstić information content (AvgIpc) is 3.46. The Kier molecular flexibility index (Phi) is 8.82. The number of piperazine rings is 1. The van der Waals surface area contributed by atoms with Gasteiger partial charge in [-0.3, -0.25) is 9.80 Å². The zero-order chi connectivity index (χ0) is 29.0. The molecule has 0 spiro atoms. The second-order valence-corrected chi connectivity index (χ2v) is 12.9. The number of fused-ring (bicyclic) bond motifs is 1. The molecule has 5 rings (SSSR count). The van der Waals surface area contributed by atoms with E-state index < -0.39 is 21.1 Å². The summed E-state index contributed by atoms with van der Waals surface area (Å²) in [5.41, 5.74) is 1.72. The number of sulfone groups is 1. The number of methoxy groups -OCH3 is 1. The highest BCUT2D eigenvalue weighted by Gasteiger charge is 2.32. The van der Waals surface area contributed by atoms with Crippen LogP contribution in [-0.2, 0) is 25.9 Å². The molecule has 0 bridgehead atoms. The van der Waals surface area contributed by atoms with Crippen LogP contribution in [0.3, 0.4) is 0 Å². The van der Waals surface area contributed by atoms with Gasteiger partial charge < -0.3 is 10.1 Å². The molecule has 3 aromatic rings. The van der Waals surface area contributed by atoms with E-state index in [-0.39, 0.29) is 11.9 Å². The zero-order valence-electron chi connectivity index (χ0n) is 23.7. The van der Waals surface area contributed by atoms with Gasteiger partial charge in [-0.25, -0.2) is 23.2 Å². The number of carbonyl (C=O) groups excluding carboxylic acids is 1. The molecule has 1 saturated heterocycles. The number of hydrogen-bond acceptors (Lipinski definition) is 9. The summed E-state index contributed by atoms with van der Waals surface area (Å²) >= 11 is 0. The minimum atomic E-state index is -3.48. The highest BCUT2D eigenvalue weighted by Crippen LogP contribution is 2.27. The highest BCUT2D eigenvalue weighted by molar-refractivity contribution is 7.92. The number of hydrogen-bond donors (Lipinski definition) is 1. The molecule has 2 atom stereocenters. The average molecular weight is 576 g/mol. The lowest BCUT2D eigenvalue weighted by molar-refractivity contribution is -0.142. The van der Waals surface area contributed by atoms with Gasteiger partial charge in [-0.2, -0.15) is 0 Å². The minimum absolute atomic E-state index is 0.0140. The number of aromatic nitrogens is 2. The lowest BCUT2D eigenvalue weighted by Gasteiger charge is -2.35. The summed E-state index contributed by atoms with van der Waals surface area (Å²) in [4.78, 5) is 27.0. The third-order valence-corrected chi connectivity index (χ3v) is 9.73. The maximum Gasteiger partial charge on any atom is 0.328 e. The number of anilines is 1. The van der Waals surface area contributed by atoms with Crippen molar-refractivity contribution in [3.8, 4) is 0 Å². The molecule has 1 fully saturated rings. The van der Waals surface area contributed by atoms with Gasteiger partial charge in [0.1, 0.15) is 22.9 Å². The second kappa shape index (κ2) is 12.5. The summed E-state index contributed by atoms with van der Waals surface area (Å²) in [7, 11) is -2.08. The van der Waals surface area contributed by atoms with E-state index in [1.54, 1.807) is 30.3 Å². The van der Waals surface area contributed by atoms with Crippen molar-refractivity contribution in [3.63, 3.8) is 0 Å². The van der Waals surface area contributed by atoms with Gasteiger partial charge in [0, 0.05) is 38.1 Å². The van der Waals surface area contributed by atoms with Gasteiger partial charge >= 0.3 is 5.97 Å². The lowest BCUT2D eigenvalue weighted by atomic mass is 10.0. The maximum atomic E-state index is 13.3. The number of nitrogens with zero attached hydrogens (tertiary/aromatic N) is 4. The SMILES string of the molecule is COC(=O)[C@@H](Nc1nc(CN2CCN(CC3=CC=CC3S(=O)(=O)c3ccccc3)CC2)nc2ccccc12)C(C)C. The predicted molar refractivity (Wildman–Crippen MR) is 160 cm³/mol. The highest BCUT2D eigenvalue weighted by atomic mass is 32.2. The number of carbonyl (C=O) groups is 1. The number of nitrogens with one attached hydrogen (secondary N) is 1. The van der Waals surface area contributed by atoms with E-state index >= 15 is 0 Å². The zero-order valence-corrected chi connectivity index (χ0v) is 24.5. The van der Waals surface area contributed by atoms with Crippen molar-refractivity contribution in [3.05, 3.63) is 84.2 Å². The van der Waals surface area contributed by atoms with E-state index in [0.29, 0.717) is 29.6 Å². The van der Waals surface area contributed by atoms with Gasteiger partial charge in [-0.1, -0.05) is 62.4 Å². The Morgan fingerprint density at radius 1 is 0.976 bits per heavy atom. The summed E-state index contributed by atoms with van der Waals surface area (Å²) in [6.45, 7) is 8.37. The van der Waals surface area contributed by atoms with Crippen molar-refractivity contribution in [1.29, 1.82) is 0 Å². The molecule has 9 nitrogen and oxygen atoms in total. The van der Waals surface area contributed by atoms with Crippen LogP contribution in [0.1, 0.15) is 19.7 Å². The smallest absolute Gasteiger partial charge is 0.328 e. The molecule has 1 unspecified atom stereocenters. The first-order valence-electron chi connectivity index (χ1n) is 14.0. The van der Waals surface area contributed by atoms with Crippen LogP contribution < -0.4 is 5.32 Å². The Labute approximate surface area is 241 Å². The summed E-state index contributed by atoms with van der Waals surface area (Å²) in [5.74, 6) is 0.996. The number of ether oxygens (including phenoxy) is 1. The van der Waals surface area contributed by atoms with Gasteiger partial charge in [0.05, 0.1) is 24.1 Å². The number of esters is 1. The van der Waals surface area contributed by atoms with Crippen LogP contribution in [0.5, 0.6) is 0 Å². The van der Waals surface area contributed by atoms with Crippen molar-refractivity contribution in [2.24, 2.45) is 5.92 Å². The molecular formula is C31H37N5O4S. The standard InChI is InChI=1S/C31H37N5O4S/c1-22(2)29(31(37)40-3)34-30-25-13-7-8-14-26(25)32-28(33-30)21-36-18-16-35(17-19-36)20-23-10-9-15-27(23)41(38,39)24-11-5-4-6-12-24/h4-15,22,27,29H,16-21H2,1-3H3,(H,32,33,34)/t27?,29-/m0/s1. The Balaban J connectivity index is 1.24. The molecule has 2 heterocycles. The first kappa shape index (κ1) is 28.9. The number of para-hydroxylation sites is 1. The fraction of sp³-hybridized carbons (Fsp3) is 0.387. The van der Waals surface area contributed by atoms with Crippen molar-refractivity contribution in [2.45, 2.75) is 36.6 Å². The molecule has 2 aromatic carbocycles. The quantitative estimate of drug-likeness (QED) is 0.363. The second-order valence-electron chi connectivity index (χ2n) is 10.9. The maximum absolute atomic E-state index is 13.3. The van der Waals surface area contributed by atoms with Crippen molar-refractivity contribution >= 4 is 32.5 Å². The summed E-state index contributed by atoms with van der Waals surface area (Å²) in [6, 6.07) is 15.9. The van der Waals surface area contributed by atoms with Crippen LogP contribution in [0.2, 0.25) is 0 Å². The third kappa shape index (κ3) is 6.50. The fourth-order valence-electron chi connectivity index (χ4n) is 5.34. The largest absolute Gasteiger partial charge is 0.467 e. The van der Waals surface area contributed by atoms with Gasteiger partial charge in [0.25, 0.3) is 0 Å². The van der Waals surface area contributed by atoms with Crippen LogP contribution in [0.25, 0.3) is 10.9 Å². The molecule has 1 N–H and O–H groups in total. The van der Waals surface area contributed by atoms with Crippen LogP contribution in [0, 0.1) is 5.92 Å². The molecule has 10 heteroatoms. The molecule has 0 radical (unpaired) electrons. The number of allylic oxidation sites excluding steroid dienone is 2. The van der Waals surface area contributed by atoms with E-state index in [1.807, 2.05) is 56.3 Å². The first-order valence-corrected chi connectivity index (χ1v) is 15.5. The van der Waals surface area contributed by atoms with Gasteiger partial charge in [-0.05, 0) is 35.8 Å². The Hall–Kier alpha value is -3.60. The lowest BCUT2D eigenvalue weighted by Crippen LogP contribution is -2.47. The minimum Gasteiger partial charge on any atom is -0.467 e. The molecule has 41 heavy (non-hydrogen) atoms. The van der Waals surface area contributed by atoms with Crippen molar-refractivity contribution in [2.75, 3.05) is 45.2 Å². The predicted octanol–water partition coefficient (Wildman–Crippen LogP) is 3.70. The number of benzene rings is 2. The number of rotatable bonds is 10. The Morgan fingerprint density at radius 3 is 2.32 bits per heavy atom. The van der Waals surface area contributed by atoms with Gasteiger partial charge in [0.2, 0.25) is 0 Å². The van der Waals surface area contributed by atoms with E-state index in [1.165, 1.54) is 7.11 Å². The normalized spacial score (nSPS) is 18.9. The first-order chi connectivity index (χ1) is 19.8. The Morgan fingerprint density at radius 2 is 1.63 bits per heavy atom. The molecule has 1 aliphatic heterocycles. The molecule has 1 aromatic heterocycles. The third-order valence-electron chi connectivity index (χ3n) is 7.67.